The summed E-state index contributed by atoms with van der Waals surface area (Å²) >= 11 is 0. The summed E-state index contributed by atoms with van der Waals surface area (Å²) in [7, 11) is 0. The number of nitrogens with one attached hydrogen (secondary N) is 2. The van der Waals surface area contributed by atoms with Crippen LogP contribution in [0.3, 0.4) is 0 Å². The van der Waals surface area contributed by atoms with Crippen LogP contribution in [0.2, 0.25) is 0 Å². The van der Waals surface area contributed by atoms with Gasteiger partial charge >= 0.3 is 0 Å². The van der Waals surface area contributed by atoms with Gasteiger partial charge in [-0.25, -0.2) is 13.9 Å². The molecular weight excluding hydrogens is 315 g/mol. The first-order valence-electron chi connectivity index (χ1n) is 7.01. The topological polar surface area (TPSA) is 101 Å². The molecule has 2 aromatic heterocycles. The molecule has 0 fully saturated rings. The number of carbonyl (C=O) groups excluding carboxylic acids is 2. The van der Waals surface area contributed by atoms with Crippen LogP contribution in [-0.2, 0) is 4.79 Å². The molecule has 0 spiro atoms. The molecule has 0 saturated heterocycles. The minimum atomic E-state index is -0.603. The smallest absolute Gasteiger partial charge is 0.295 e. The summed E-state index contributed by atoms with van der Waals surface area (Å²) in [5, 5.41) is 8.99. The average molecular weight is 328 g/mol. The Bertz CT molecular complexity index is 952. The van der Waals surface area contributed by atoms with Crippen LogP contribution < -0.4 is 10.6 Å². The molecule has 3 rings (SSSR count). The van der Waals surface area contributed by atoms with E-state index in [-0.39, 0.29) is 11.5 Å². The van der Waals surface area contributed by atoms with E-state index in [0.717, 1.165) is 11.8 Å². The van der Waals surface area contributed by atoms with Gasteiger partial charge in [-0.3, -0.25) is 9.59 Å². The quantitative estimate of drug-likeness (QED) is 0.763. The Morgan fingerprint density at radius 3 is 2.71 bits per heavy atom. The van der Waals surface area contributed by atoms with Crippen molar-refractivity contribution in [1.29, 1.82) is 0 Å². The number of rotatable bonds is 3. The Balaban J connectivity index is 1.86. The number of aromatic nitrogens is 4. The van der Waals surface area contributed by atoms with Crippen LogP contribution in [0.25, 0.3) is 5.78 Å². The van der Waals surface area contributed by atoms with E-state index in [2.05, 4.69) is 25.7 Å². The summed E-state index contributed by atoms with van der Waals surface area (Å²) in [6.07, 6.45) is 1.57. The molecule has 0 radical (unpaired) electrons. The molecule has 0 aliphatic heterocycles. The second-order valence-electron chi connectivity index (χ2n) is 5.06. The summed E-state index contributed by atoms with van der Waals surface area (Å²) in [5.74, 6) is -1.35. The van der Waals surface area contributed by atoms with E-state index >= 15 is 0 Å². The highest BCUT2D eigenvalue weighted by Crippen LogP contribution is 2.20. The molecule has 2 amide bonds. The van der Waals surface area contributed by atoms with Gasteiger partial charge in [-0.1, -0.05) is 0 Å². The second-order valence-corrected chi connectivity index (χ2v) is 5.06. The largest absolute Gasteiger partial charge is 0.324 e. The van der Waals surface area contributed by atoms with Gasteiger partial charge in [0.15, 0.2) is 0 Å². The van der Waals surface area contributed by atoms with Crippen molar-refractivity contribution in [3.05, 3.63) is 47.8 Å². The van der Waals surface area contributed by atoms with Crippen molar-refractivity contribution in [3.8, 4) is 0 Å². The second kappa shape index (κ2) is 6.03. The lowest BCUT2D eigenvalue weighted by Gasteiger charge is -2.07. The number of carbonyl (C=O) groups is 2. The van der Waals surface area contributed by atoms with Gasteiger partial charge < -0.3 is 10.6 Å². The normalized spacial score (nSPS) is 10.6. The summed E-state index contributed by atoms with van der Waals surface area (Å²) in [5.41, 5.74) is 1.05. The molecule has 24 heavy (non-hydrogen) atoms. The van der Waals surface area contributed by atoms with Crippen molar-refractivity contribution in [1.82, 2.24) is 19.6 Å². The van der Waals surface area contributed by atoms with Crippen LogP contribution in [0, 0.1) is 12.7 Å². The van der Waals surface area contributed by atoms with Crippen molar-refractivity contribution >= 4 is 29.0 Å². The van der Waals surface area contributed by atoms with Crippen LogP contribution in [0.5, 0.6) is 0 Å². The van der Waals surface area contributed by atoms with Crippen molar-refractivity contribution < 1.29 is 14.0 Å². The van der Waals surface area contributed by atoms with Gasteiger partial charge in [0.05, 0.1) is 5.69 Å². The number of fused-ring (bicyclic) bond motifs is 1. The number of benzene rings is 1. The van der Waals surface area contributed by atoms with Crippen LogP contribution in [0.1, 0.15) is 23.2 Å². The summed E-state index contributed by atoms with van der Waals surface area (Å²) in [6, 6.07) is 5.57. The van der Waals surface area contributed by atoms with E-state index in [4.69, 9.17) is 0 Å². The average Bonchev–Trinajstić information content (AvgIpc) is 2.96. The maximum Gasteiger partial charge on any atom is 0.295 e. The third-order valence-corrected chi connectivity index (χ3v) is 3.17. The lowest BCUT2D eigenvalue weighted by atomic mass is 10.2. The zero-order valence-electron chi connectivity index (χ0n) is 12.9. The highest BCUT2D eigenvalue weighted by atomic mass is 19.1. The number of amides is 2. The molecule has 0 aliphatic rings. The highest BCUT2D eigenvalue weighted by molar-refractivity contribution is 6.02. The monoisotopic (exact) mass is 328 g/mol. The first-order chi connectivity index (χ1) is 11.4. The molecule has 0 atom stereocenters. The molecule has 2 N–H and O–H groups in total. The van der Waals surface area contributed by atoms with E-state index in [1.807, 2.05) is 6.92 Å². The Kier molecular flexibility index (Phi) is 3.90. The van der Waals surface area contributed by atoms with Crippen molar-refractivity contribution in [3.63, 3.8) is 0 Å². The number of hydrogen-bond donors (Lipinski definition) is 2. The Labute approximate surface area is 135 Å². The third-order valence-electron chi connectivity index (χ3n) is 3.17. The lowest BCUT2D eigenvalue weighted by Crippen LogP contribution is -2.15. The minimum Gasteiger partial charge on any atom is -0.324 e. The zero-order valence-corrected chi connectivity index (χ0v) is 12.9. The Hall–Kier alpha value is -3.36. The first-order valence-corrected chi connectivity index (χ1v) is 7.01. The van der Waals surface area contributed by atoms with Crippen LogP contribution in [0.15, 0.2) is 30.5 Å². The van der Waals surface area contributed by atoms with Gasteiger partial charge in [0.1, 0.15) is 5.82 Å². The van der Waals surface area contributed by atoms with Gasteiger partial charge in [-0.15, -0.1) is 5.10 Å². The van der Waals surface area contributed by atoms with Crippen LogP contribution in [-0.4, -0.2) is 31.4 Å². The third kappa shape index (κ3) is 3.05. The molecule has 0 aliphatic carbocycles. The molecular formula is C15H13FN6O2. The van der Waals surface area contributed by atoms with Crippen LogP contribution >= 0.6 is 0 Å². The fourth-order valence-corrected chi connectivity index (χ4v) is 2.08. The zero-order chi connectivity index (χ0) is 17.3. The van der Waals surface area contributed by atoms with Gasteiger partial charge in [0.2, 0.25) is 11.7 Å². The highest BCUT2D eigenvalue weighted by Gasteiger charge is 2.15. The molecule has 0 saturated carbocycles. The molecule has 8 nitrogen and oxygen atoms in total. The summed E-state index contributed by atoms with van der Waals surface area (Å²) < 4.78 is 15.1. The van der Waals surface area contributed by atoms with Crippen molar-refractivity contribution in [2.45, 2.75) is 13.8 Å². The SMILES string of the molecule is CC(=O)Nc1cc(NC(=O)c2nc3nccc(C)n3n2)ccc1F. The fourth-order valence-electron chi connectivity index (χ4n) is 2.08. The standard InChI is InChI=1S/C15H13FN6O2/c1-8-5-6-17-15-20-13(21-22(8)15)14(24)19-10-3-4-11(16)12(7-10)18-9(2)23/h3-7H,1-2H3,(H,18,23)(H,19,24). The number of aryl methyl sites for hydroxylation is 1. The number of nitrogens with zero attached hydrogens (tertiary/aromatic N) is 4. The number of hydrogen-bond acceptors (Lipinski definition) is 5. The van der Waals surface area contributed by atoms with E-state index in [1.54, 1.807) is 12.3 Å². The van der Waals surface area contributed by atoms with Crippen molar-refractivity contribution in [2.24, 2.45) is 0 Å². The number of halogens is 1. The fraction of sp³-hybridized carbons (Fsp3) is 0.133. The Morgan fingerprint density at radius 1 is 1.21 bits per heavy atom. The van der Waals surface area contributed by atoms with Gasteiger partial charge in [-0.2, -0.15) is 4.98 Å². The predicted molar refractivity (Wildman–Crippen MR) is 84.2 cm³/mol. The molecule has 0 unspecified atom stereocenters. The van der Waals surface area contributed by atoms with Gasteiger partial charge in [0.25, 0.3) is 11.7 Å². The lowest BCUT2D eigenvalue weighted by molar-refractivity contribution is -0.114. The van der Waals surface area contributed by atoms with E-state index in [9.17, 15) is 14.0 Å². The van der Waals surface area contributed by atoms with Crippen LogP contribution in [0.4, 0.5) is 15.8 Å². The summed E-state index contributed by atoms with van der Waals surface area (Å²) in [6.45, 7) is 3.07. The van der Waals surface area contributed by atoms with Gasteiger partial charge in [0, 0.05) is 24.5 Å². The molecule has 122 valence electrons. The van der Waals surface area contributed by atoms with E-state index < -0.39 is 17.6 Å². The maximum absolute atomic E-state index is 13.6. The molecule has 9 heteroatoms. The first kappa shape index (κ1) is 15.5. The molecule has 2 heterocycles. The Morgan fingerprint density at radius 2 is 2.00 bits per heavy atom. The molecule has 3 aromatic rings. The minimum absolute atomic E-state index is 0.0271. The number of anilines is 2. The summed E-state index contributed by atoms with van der Waals surface area (Å²) in [4.78, 5) is 31.4. The molecule has 0 bridgehead atoms. The van der Waals surface area contributed by atoms with E-state index in [1.165, 1.54) is 23.6 Å². The van der Waals surface area contributed by atoms with E-state index in [0.29, 0.717) is 11.5 Å². The van der Waals surface area contributed by atoms with Crippen molar-refractivity contribution in [2.75, 3.05) is 10.6 Å². The maximum atomic E-state index is 13.6. The predicted octanol–water partition coefficient (Wildman–Crippen LogP) is 1.78. The van der Waals surface area contributed by atoms with Gasteiger partial charge in [-0.05, 0) is 31.2 Å². The molecule has 1 aromatic carbocycles.